The summed E-state index contributed by atoms with van der Waals surface area (Å²) in [7, 11) is 1.30. The normalized spacial score (nSPS) is 14.9. The standard InChI is InChI=1S/C26H27BrN4O4/c1-16-15-29-24-20(10-12-35-25(33)26(2,3)14-22(32)34-4)30-23(19-7-5-6-11-28-19)18-13-17(27)8-9-21(18)31(16)24/h5-9,11,13,15,20H,10,12,14H2,1-4H3/t20-/m0/s1. The van der Waals surface area contributed by atoms with Crippen molar-refractivity contribution < 1.29 is 19.1 Å². The average molecular weight is 539 g/mol. The van der Waals surface area contributed by atoms with Crippen LogP contribution in [0.2, 0.25) is 0 Å². The van der Waals surface area contributed by atoms with Crippen LogP contribution in [-0.2, 0) is 19.1 Å². The maximum absolute atomic E-state index is 12.7. The summed E-state index contributed by atoms with van der Waals surface area (Å²) in [5, 5.41) is 0. The third kappa shape index (κ3) is 5.19. The molecule has 9 heteroatoms. The monoisotopic (exact) mass is 538 g/mol. The Morgan fingerprint density at radius 3 is 2.69 bits per heavy atom. The molecule has 0 unspecified atom stereocenters. The summed E-state index contributed by atoms with van der Waals surface area (Å²) in [6.07, 6.45) is 3.93. The molecule has 1 aliphatic heterocycles. The minimum Gasteiger partial charge on any atom is -0.469 e. The average Bonchev–Trinajstić information content (AvgIpc) is 3.15. The van der Waals surface area contributed by atoms with Crippen LogP contribution in [0, 0.1) is 12.3 Å². The second kappa shape index (κ2) is 10.1. The summed E-state index contributed by atoms with van der Waals surface area (Å²) >= 11 is 3.59. The van der Waals surface area contributed by atoms with E-state index in [0.717, 1.165) is 38.6 Å². The number of hydrogen-bond acceptors (Lipinski definition) is 7. The van der Waals surface area contributed by atoms with Crippen LogP contribution in [0.25, 0.3) is 5.69 Å². The van der Waals surface area contributed by atoms with E-state index in [1.165, 1.54) is 7.11 Å². The van der Waals surface area contributed by atoms with Crippen molar-refractivity contribution in [3.8, 4) is 5.69 Å². The zero-order valence-corrected chi connectivity index (χ0v) is 21.7. The molecule has 4 rings (SSSR count). The Balaban J connectivity index is 1.67. The van der Waals surface area contributed by atoms with Crippen LogP contribution in [0.4, 0.5) is 0 Å². The van der Waals surface area contributed by atoms with E-state index in [1.807, 2.05) is 49.5 Å². The molecule has 1 atom stereocenters. The lowest BCUT2D eigenvalue weighted by Crippen LogP contribution is -2.30. The number of aliphatic imine (C=N–C) groups is 1. The lowest BCUT2D eigenvalue weighted by atomic mass is 9.89. The van der Waals surface area contributed by atoms with Crippen LogP contribution in [0.15, 0.2) is 58.3 Å². The summed E-state index contributed by atoms with van der Waals surface area (Å²) in [4.78, 5) is 38.6. The van der Waals surface area contributed by atoms with Gasteiger partial charge in [-0.2, -0.15) is 0 Å². The molecule has 35 heavy (non-hydrogen) atoms. The van der Waals surface area contributed by atoms with Gasteiger partial charge in [0.2, 0.25) is 0 Å². The van der Waals surface area contributed by atoms with Gasteiger partial charge in [-0.1, -0.05) is 22.0 Å². The highest BCUT2D eigenvalue weighted by molar-refractivity contribution is 9.10. The summed E-state index contributed by atoms with van der Waals surface area (Å²) in [6.45, 7) is 5.46. The van der Waals surface area contributed by atoms with Crippen molar-refractivity contribution in [1.82, 2.24) is 14.5 Å². The molecule has 0 bridgehead atoms. The summed E-state index contributed by atoms with van der Waals surface area (Å²) in [5.74, 6) is -0.152. The van der Waals surface area contributed by atoms with Gasteiger partial charge in [0, 0.05) is 34.5 Å². The first-order valence-corrected chi connectivity index (χ1v) is 12.1. The van der Waals surface area contributed by atoms with Crippen LogP contribution in [-0.4, -0.2) is 45.9 Å². The smallest absolute Gasteiger partial charge is 0.312 e. The van der Waals surface area contributed by atoms with Crippen LogP contribution in [0.3, 0.4) is 0 Å². The number of ether oxygens (including phenoxy) is 2. The van der Waals surface area contributed by atoms with Gasteiger partial charge >= 0.3 is 11.9 Å². The van der Waals surface area contributed by atoms with Gasteiger partial charge in [-0.3, -0.25) is 24.1 Å². The number of benzene rings is 1. The van der Waals surface area contributed by atoms with Crippen molar-refractivity contribution >= 4 is 33.6 Å². The summed E-state index contributed by atoms with van der Waals surface area (Å²) < 4.78 is 13.3. The van der Waals surface area contributed by atoms with Gasteiger partial charge < -0.3 is 9.47 Å². The Labute approximate surface area is 212 Å². The number of carbonyl (C=O) groups excluding carboxylic acids is 2. The molecule has 0 aliphatic carbocycles. The fourth-order valence-electron chi connectivity index (χ4n) is 4.04. The first-order chi connectivity index (χ1) is 16.7. The number of rotatable bonds is 7. The SMILES string of the molecule is COC(=O)CC(C)(C)C(=O)OCC[C@@H]1N=C(c2ccccn2)c2cc(Br)ccc2-n2c(C)cnc21. The molecule has 8 nitrogen and oxygen atoms in total. The van der Waals surface area contributed by atoms with Gasteiger partial charge in [-0.15, -0.1) is 0 Å². The highest BCUT2D eigenvalue weighted by Gasteiger charge is 2.33. The number of aromatic nitrogens is 3. The maximum atomic E-state index is 12.7. The predicted molar refractivity (Wildman–Crippen MR) is 135 cm³/mol. The van der Waals surface area contributed by atoms with Crippen LogP contribution < -0.4 is 0 Å². The van der Waals surface area contributed by atoms with Crippen LogP contribution in [0.5, 0.6) is 0 Å². The molecule has 0 radical (unpaired) electrons. The number of hydrogen-bond donors (Lipinski definition) is 0. The number of halogens is 1. The molecule has 182 valence electrons. The van der Waals surface area contributed by atoms with E-state index in [4.69, 9.17) is 14.5 Å². The molecule has 0 spiro atoms. The minimum atomic E-state index is -0.990. The van der Waals surface area contributed by atoms with Gasteiger partial charge in [0.25, 0.3) is 0 Å². The van der Waals surface area contributed by atoms with E-state index < -0.39 is 17.4 Å². The largest absolute Gasteiger partial charge is 0.469 e. The van der Waals surface area contributed by atoms with Crippen LogP contribution in [0.1, 0.15) is 55.5 Å². The first kappa shape index (κ1) is 24.8. The Hall–Kier alpha value is -3.33. The van der Waals surface area contributed by atoms with E-state index >= 15 is 0 Å². The highest BCUT2D eigenvalue weighted by Crippen LogP contribution is 2.34. The van der Waals surface area contributed by atoms with Gasteiger partial charge in [0.05, 0.1) is 42.6 Å². The number of esters is 2. The molecular formula is C26H27BrN4O4. The van der Waals surface area contributed by atoms with E-state index in [0.29, 0.717) is 6.42 Å². The molecule has 2 aromatic heterocycles. The fraction of sp³-hybridized carbons (Fsp3) is 0.346. The number of carbonyl (C=O) groups is 2. The molecule has 0 N–H and O–H groups in total. The predicted octanol–water partition coefficient (Wildman–Crippen LogP) is 4.75. The second-order valence-electron chi connectivity index (χ2n) is 9.02. The van der Waals surface area contributed by atoms with E-state index in [1.54, 1.807) is 20.0 Å². The number of fused-ring (bicyclic) bond motifs is 3. The number of aryl methyl sites for hydroxylation is 1. The van der Waals surface area contributed by atoms with Crippen molar-refractivity contribution in [3.05, 3.63) is 76.0 Å². The van der Waals surface area contributed by atoms with Crippen LogP contribution >= 0.6 is 15.9 Å². The van der Waals surface area contributed by atoms with Crippen molar-refractivity contribution in [2.45, 2.75) is 39.7 Å². The fourth-order valence-corrected chi connectivity index (χ4v) is 4.41. The first-order valence-electron chi connectivity index (χ1n) is 11.3. The number of nitrogens with zero attached hydrogens (tertiary/aromatic N) is 4. The lowest BCUT2D eigenvalue weighted by Gasteiger charge is -2.21. The van der Waals surface area contributed by atoms with Crippen molar-refractivity contribution in [2.24, 2.45) is 10.4 Å². The minimum absolute atomic E-state index is 0.0540. The van der Waals surface area contributed by atoms with Gasteiger partial charge in [0.1, 0.15) is 11.9 Å². The van der Waals surface area contributed by atoms with Gasteiger partial charge in [-0.05, 0) is 51.1 Å². The molecule has 0 amide bonds. The topological polar surface area (TPSA) is 95.7 Å². The Bertz CT molecular complexity index is 1280. The third-order valence-corrected chi connectivity index (χ3v) is 6.39. The molecule has 3 heterocycles. The Morgan fingerprint density at radius 1 is 1.17 bits per heavy atom. The molecule has 3 aromatic rings. The Kier molecular flexibility index (Phi) is 7.16. The zero-order valence-electron chi connectivity index (χ0n) is 20.1. The molecule has 1 aromatic carbocycles. The lowest BCUT2D eigenvalue weighted by molar-refractivity contribution is -0.159. The van der Waals surface area contributed by atoms with Gasteiger partial charge in [-0.25, -0.2) is 4.98 Å². The Morgan fingerprint density at radius 2 is 1.97 bits per heavy atom. The second-order valence-corrected chi connectivity index (χ2v) is 9.94. The number of pyridine rings is 1. The van der Waals surface area contributed by atoms with Crippen molar-refractivity contribution in [2.75, 3.05) is 13.7 Å². The number of methoxy groups -OCH3 is 1. The van der Waals surface area contributed by atoms with Gasteiger partial charge in [0.15, 0.2) is 0 Å². The number of imidazole rings is 1. The van der Waals surface area contributed by atoms with Crippen molar-refractivity contribution in [1.29, 1.82) is 0 Å². The van der Waals surface area contributed by atoms with E-state index in [-0.39, 0.29) is 19.1 Å². The summed E-state index contributed by atoms with van der Waals surface area (Å²) in [5.41, 5.74) is 3.37. The highest BCUT2D eigenvalue weighted by atomic mass is 79.9. The molecule has 0 saturated heterocycles. The van der Waals surface area contributed by atoms with E-state index in [9.17, 15) is 9.59 Å². The molecule has 1 aliphatic rings. The third-order valence-electron chi connectivity index (χ3n) is 5.90. The molecule has 0 saturated carbocycles. The van der Waals surface area contributed by atoms with Crippen molar-refractivity contribution in [3.63, 3.8) is 0 Å². The molecular weight excluding hydrogens is 512 g/mol. The zero-order chi connectivity index (χ0) is 25.2. The summed E-state index contributed by atoms with van der Waals surface area (Å²) in [6, 6.07) is 11.4. The molecule has 0 fully saturated rings. The maximum Gasteiger partial charge on any atom is 0.312 e. The quantitative estimate of drug-likeness (QED) is 0.402. The van der Waals surface area contributed by atoms with E-state index in [2.05, 4.69) is 30.5 Å².